The van der Waals surface area contributed by atoms with Gasteiger partial charge in [0.15, 0.2) is 9.84 Å². The van der Waals surface area contributed by atoms with Gasteiger partial charge in [0.05, 0.1) is 4.75 Å². The topological polar surface area (TPSA) is 84.0 Å². The van der Waals surface area contributed by atoms with E-state index in [1.807, 2.05) is 13.8 Å². The minimum absolute atomic E-state index is 0.302. The van der Waals surface area contributed by atoms with Crippen molar-refractivity contribution >= 4 is 21.5 Å². The van der Waals surface area contributed by atoms with Gasteiger partial charge in [0, 0.05) is 24.9 Å². The molecule has 1 rings (SSSR count). The number of sulfone groups is 1. The molecule has 1 aromatic heterocycles. The van der Waals surface area contributed by atoms with Crippen molar-refractivity contribution in [1.29, 1.82) is 0 Å². The molecular formula is C14H26N4O2S. The lowest BCUT2D eigenvalue weighted by Gasteiger charge is -2.24. The van der Waals surface area contributed by atoms with Crippen molar-refractivity contribution in [2.75, 3.05) is 30.0 Å². The van der Waals surface area contributed by atoms with Gasteiger partial charge in [0.1, 0.15) is 17.5 Å². The molecule has 0 aromatic carbocycles. The number of hydrogen-bond acceptors (Lipinski definition) is 6. The van der Waals surface area contributed by atoms with Crippen LogP contribution in [0.5, 0.6) is 0 Å². The molecule has 0 atom stereocenters. The molecule has 0 aliphatic rings. The van der Waals surface area contributed by atoms with Crippen LogP contribution >= 0.6 is 0 Å². The summed E-state index contributed by atoms with van der Waals surface area (Å²) in [7, 11) is -3.14. The van der Waals surface area contributed by atoms with E-state index >= 15 is 0 Å². The SMILES string of the molecule is CCCNc1nc(C)nc(NCC(C)(C)S(C)(=O)=O)c1C. The summed E-state index contributed by atoms with van der Waals surface area (Å²) >= 11 is 0. The van der Waals surface area contributed by atoms with Crippen molar-refractivity contribution in [3.8, 4) is 0 Å². The molecule has 120 valence electrons. The van der Waals surface area contributed by atoms with Crippen LogP contribution in [0.1, 0.15) is 38.6 Å². The summed E-state index contributed by atoms with van der Waals surface area (Å²) in [6.45, 7) is 10.4. The van der Waals surface area contributed by atoms with Gasteiger partial charge < -0.3 is 10.6 Å². The van der Waals surface area contributed by atoms with Crippen molar-refractivity contribution in [3.05, 3.63) is 11.4 Å². The summed E-state index contributed by atoms with van der Waals surface area (Å²) in [5.41, 5.74) is 0.901. The molecule has 0 aliphatic carbocycles. The Bertz CT molecular complexity index is 597. The molecule has 2 N–H and O–H groups in total. The van der Waals surface area contributed by atoms with Crippen LogP contribution in [-0.4, -0.2) is 42.5 Å². The number of aromatic nitrogens is 2. The lowest BCUT2D eigenvalue weighted by molar-refractivity contribution is 0.559. The molecule has 7 heteroatoms. The molecule has 0 unspecified atom stereocenters. The van der Waals surface area contributed by atoms with Gasteiger partial charge in [0.2, 0.25) is 0 Å². The lowest BCUT2D eigenvalue weighted by Crippen LogP contribution is -2.38. The fraction of sp³-hybridized carbons (Fsp3) is 0.714. The normalized spacial score (nSPS) is 12.3. The van der Waals surface area contributed by atoms with Crippen LogP contribution in [0.15, 0.2) is 0 Å². The molecule has 0 radical (unpaired) electrons. The summed E-state index contributed by atoms with van der Waals surface area (Å²) in [6.07, 6.45) is 2.26. The first-order valence-electron chi connectivity index (χ1n) is 7.11. The first-order chi connectivity index (χ1) is 9.58. The lowest BCUT2D eigenvalue weighted by atomic mass is 10.2. The highest BCUT2D eigenvalue weighted by atomic mass is 32.2. The number of hydrogen-bond donors (Lipinski definition) is 2. The van der Waals surface area contributed by atoms with Crippen LogP contribution in [0.2, 0.25) is 0 Å². The minimum atomic E-state index is -3.14. The van der Waals surface area contributed by atoms with Gasteiger partial charge in [-0.05, 0) is 34.1 Å². The van der Waals surface area contributed by atoms with Crippen molar-refractivity contribution in [3.63, 3.8) is 0 Å². The molecule has 0 amide bonds. The third-order valence-electron chi connectivity index (χ3n) is 3.49. The molecule has 1 aromatic rings. The highest BCUT2D eigenvalue weighted by molar-refractivity contribution is 7.92. The number of aryl methyl sites for hydroxylation is 1. The Hall–Kier alpha value is -1.37. The fourth-order valence-electron chi connectivity index (χ4n) is 1.64. The van der Waals surface area contributed by atoms with Crippen LogP contribution in [0.3, 0.4) is 0 Å². The Balaban J connectivity index is 2.96. The third-order valence-corrected chi connectivity index (χ3v) is 5.64. The zero-order valence-electron chi connectivity index (χ0n) is 13.7. The van der Waals surface area contributed by atoms with E-state index in [9.17, 15) is 8.42 Å². The number of nitrogens with zero attached hydrogens (tertiary/aromatic N) is 2. The summed E-state index contributed by atoms with van der Waals surface area (Å²) in [5.74, 6) is 2.13. The van der Waals surface area contributed by atoms with E-state index in [4.69, 9.17) is 0 Å². The maximum absolute atomic E-state index is 11.7. The number of rotatable bonds is 7. The van der Waals surface area contributed by atoms with E-state index in [0.717, 1.165) is 24.3 Å². The monoisotopic (exact) mass is 314 g/mol. The quantitative estimate of drug-likeness (QED) is 0.802. The third kappa shape index (κ3) is 4.56. The Morgan fingerprint density at radius 1 is 1.10 bits per heavy atom. The number of nitrogens with one attached hydrogen (secondary N) is 2. The van der Waals surface area contributed by atoms with E-state index in [1.54, 1.807) is 13.8 Å². The van der Waals surface area contributed by atoms with Crippen LogP contribution in [0.4, 0.5) is 11.6 Å². The molecule has 0 bridgehead atoms. The Morgan fingerprint density at radius 2 is 1.62 bits per heavy atom. The van der Waals surface area contributed by atoms with Crippen molar-refractivity contribution in [2.24, 2.45) is 0 Å². The molecule has 0 fully saturated rings. The Labute approximate surface area is 127 Å². The predicted molar refractivity (Wildman–Crippen MR) is 87.7 cm³/mol. The van der Waals surface area contributed by atoms with Crippen molar-refractivity contribution in [2.45, 2.75) is 45.8 Å². The highest BCUT2D eigenvalue weighted by Crippen LogP contribution is 2.22. The van der Waals surface area contributed by atoms with Gasteiger partial charge in [-0.2, -0.15) is 0 Å². The van der Waals surface area contributed by atoms with Crippen LogP contribution < -0.4 is 10.6 Å². The van der Waals surface area contributed by atoms with Crippen molar-refractivity contribution < 1.29 is 8.42 Å². The summed E-state index contributed by atoms with van der Waals surface area (Å²) < 4.78 is 22.6. The smallest absolute Gasteiger partial charge is 0.154 e. The maximum atomic E-state index is 11.7. The maximum Gasteiger partial charge on any atom is 0.154 e. The van der Waals surface area contributed by atoms with E-state index in [0.29, 0.717) is 18.2 Å². The Morgan fingerprint density at radius 3 is 2.10 bits per heavy atom. The second kappa shape index (κ2) is 6.60. The number of anilines is 2. The Kier molecular flexibility index (Phi) is 5.55. The zero-order chi connectivity index (χ0) is 16.3. The predicted octanol–water partition coefficient (Wildman–Crippen LogP) is 2.15. The first-order valence-corrected chi connectivity index (χ1v) is 9.00. The summed E-state index contributed by atoms with van der Waals surface area (Å²) in [4.78, 5) is 8.75. The molecule has 0 saturated carbocycles. The molecule has 1 heterocycles. The van der Waals surface area contributed by atoms with Gasteiger partial charge in [-0.25, -0.2) is 18.4 Å². The zero-order valence-corrected chi connectivity index (χ0v) is 14.6. The van der Waals surface area contributed by atoms with E-state index in [1.165, 1.54) is 6.26 Å². The summed E-state index contributed by atoms with van der Waals surface area (Å²) in [5, 5.41) is 6.41. The van der Waals surface area contributed by atoms with E-state index in [-0.39, 0.29) is 0 Å². The molecular weight excluding hydrogens is 288 g/mol. The fourth-order valence-corrected chi connectivity index (χ4v) is 1.98. The first kappa shape index (κ1) is 17.7. The van der Waals surface area contributed by atoms with Gasteiger partial charge in [-0.3, -0.25) is 0 Å². The molecule has 0 aliphatic heterocycles. The van der Waals surface area contributed by atoms with E-state index < -0.39 is 14.6 Å². The largest absolute Gasteiger partial charge is 0.370 e. The van der Waals surface area contributed by atoms with E-state index in [2.05, 4.69) is 27.5 Å². The molecule has 0 saturated heterocycles. The van der Waals surface area contributed by atoms with Crippen molar-refractivity contribution in [1.82, 2.24) is 9.97 Å². The van der Waals surface area contributed by atoms with Crippen LogP contribution in [-0.2, 0) is 9.84 Å². The summed E-state index contributed by atoms with van der Waals surface area (Å²) in [6, 6.07) is 0. The molecule has 21 heavy (non-hydrogen) atoms. The highest BCUT2D eigenvalue weighted by Gasteiger charge is 2.30. The average molecular weight is 314 g/mol. The van der Waals surface area contributed by atoms with Crippen LogP contribution in [0, 0.1) is 13.8 Å². The van der Waals surface area contributed by atoms with Gasteiger partial charge >= 0.3 is 0 Å². The van der Waals surface area contributed by atoms with Gasteiger partial charge in [-0.15, -0.1) is 0 Å². The van der Waals surface area contributed by atoms with Gasteiger partial charge in [-0.1, -0.05) is 6.92 Å². The molecule has 6 nitrogen and oxygen atoms in total. The second-order valence-electron chi connectivity index (χ2n) is 5.91. The second-order valence-corrected chi connectivity index (χ2v) is 8.55. The molecule has 0 spiro atoms. The minimum Gasteiger partial charge on any atom is -0.370 e. The standard InChI is InChI=1S/C14H26N4O2S/c1-7-8-15-12-10(2)13(18-11(3)17-12)16-9-14(4,5)21(6,19)20/h7-9H2,1-6H3,(H2,15,16,17,18). The van der Waals surface area contributed by atoms with Gasteiger partial charge in [0.25, 0.3) is 0 Å². The average Bonchev–Trinajstić information content (AvgIpc) is 2.36. The van der Waals surface area contributed by atoms with Crippen LogP contribution in [0.25, 0.3) is 0 Å².